The molecule has 0 aliphatic carbocycles. The fourth-order valence-corrected chi connectivity index (χ4v) is 1.56. The van der Waals surface area contributed by atoms with Gasteiger partial charge >= 0.3 is 6.36 Å². The van der Waals surface area contributed by atoms with Gasteiger partial charge in [-0.1, -0.05) is 0 Å². The van der Waals surface area contributed by atoms with Crippen molar-refractivity contribution in [1.82, 2.24) is 4.98 Å². The second kappa shape index (κ2) is 5.02. The summed E-state index contributed by atoms with van der Waals surface area (Å²) < 4.78 is 57.0. The van der Waals surface area contributed by atoms with Gasteiger partial charge in [0.15, 0.2) is 0 Å². The first-order chi connectivity index (χ1) is 7.37. The van der Waals surface area contributed by atoms with E-state index in [9.17, 15) is 17.6 Å². The molecule has 16 heavy (non-hydrogen) atoms. The minimum Gasteiger partial charge on any atom is -0.481 e. The third-order valence-electron chi connectivity index (χ3n) is 1.56. The van der Waals surface area contributed by atoms with E-state index in [1.807, 2.05) is 0 Å². The lowest BCUT2D eigenvalue weighted by Crippen LogP contribution is -2.19. The summed E-state index contributed by atoms with van der Waals surface area (Å²) in [5.41, 5.74) is -0.251. The molecule has 0 fully saturated rings. The van der Waals surface area contributed by atoms with E-state index in [-0.39, 0.29) is 15.0 Å². The summed E-state index contributed by atoms with van der Waals surface area (Å²) in [7, 11) is 1.24. The molecule has 0 N–H and O–H groups in total. The van der Waals surface area contributed by atoms with Crippen LogP contribution in [0.5, 0.6) is 11.8 Å². The van der Waals surface area contributed by atoms with Crippen LogP contribution in [0.25, 0.3) is 0 Å². The Morgan fingerprint density at radius 2 is 2.06 bits per heavy atom. The monoisotopic (exact) mass is 351 g/mol. The maximum atomic E-state index is 12.5. The van der Waals surface area contributed by atoms with Gasteiger partial charge in [0.05, 0.1) is 12.7 Å². The predicted molar refractivity (Wildman–Crippen MR) is 55.0 cm³/mol. The largest absolute Gasteiger partial charge is 0.574 e. The molecule has 0 aromatic carbocycles. The molecule has 0 atom stereocenters. The molecule has 0 bridgehead atoms. The van der Waals surface area contributed by atoms with E-state index >= 15 is 0 Å². The Balaban J connectivity index is 3.18. The Bertz CT molecular complexity index is 383. The maximum Gasteiger partial charge on any atom is 0.574 e. The molecule has 1 heterocycles. The summed E-state index contributed by atoms with van der Waals surface area (Å²) in [6.45, 7) is -1.10. The zero-order chi connectivity index (χ0) is 12.3. The van der Waals surface area contributed by atoms with Gasteiger partial charge in [0.1, 0.15) is 6.67 Å². The SMILES string of the molecule is COc1cc(I)c(CF)c(OC(F)(F)F)n1. The third kappa shape index (κ3) is 3.35. The van der Waals surface area contributed by atoms with Crippen molar-refractivity contribution in [3.8, 4) is 11.8 Å². The molecule has 3 nitrogen and oxygen atoms in total. The molecule has 0 radical (unpaired) electrons. The highest BCUT2D eigenvalue weighted by molar-refractivity contribution is 14.1. The molecule has 1 rings (SSSR count). The molecule has 0 spiro atoms. The summed E-state index contributed by atoms with van der Waals surface area (Å²) in [5.74, 6) is -0.889. The van der Waals surface area contributed by atoms with Crippen LogP contribution in [0.15, 0.2) is 6.07 Å². The number of pyridine rings is 1. The summed E-state index contributed by atoms with van der Waals surface area (Å²) in [4.78, 5) is 3.40. The van der Waals surface area contributed by atoms with Crippen molar-refractivity contribution >= 4 is 22.6 Å². The van der Waals surface area contributed by atoms with Gasteiger partial charge in [-0.15, -0.1) is 13.2 Å². The number of rotatable bonds is 3. The average molecular weight is 351 g/mol. The molecule has 0 saturated heterocycles. The molecule has 8 heteroatoms. The van der Waals surface area contributed by atoms with Gasteiger partial charge in [0, 0.05) is 9.64 Å². The number of halogens is 5. The molecule has 0 aliphatic heterocycles. The number of ether oxygens (including phenoxy) is 2. The summed E-state index contributed by atoms with van der Waals surface area (Å²) in [6.07, 6.45) is -4.91. The van der Waals surface area contributed by atoms with Crippen molar-refractivity contribution in [3.05, 3.63) is 15.2 Å². The fourth-order valence-electron chi connectivity index (χ4n) is 0.917. The highest BCUT2D eigenvalue weighted by Gasteiger charge is 2.33. The van der Waals surface area contributed by atoms with E-state index in [2.05, 4.69) is 14.5 Å². The van der Waals surface area contributed by atoms with Crippen molar-refractivity contribution < 1.29 is 27.0 Å². The normalized spacial score (nSPS) is 11.4. The first kappa shape index (κ1) is 13.3. The first-order valence-electron chi connectivity index (χ1n) is 3.92. The van der Waals surface area contributed by atoms with E-state index < -0.39 is 18.9 Å². The van der Waals surface area contributed by atoms with Crippen molar-refractivity contribution in [2.45, 2.75) is 13.0 Å². The topological polar surface area (TPSA) is 31.4 Å². The van der Waals surface area contributed by atoms with Crippen LogP contribution >= 0.6 is 22.6 Å². The first-order valence-corrected chi connectivity index (χ1v) is 5.00. The maximum absolute atomic E-state index is 12.5. The summed E-state index contributed by atoms with van der Waals surface area (Å²) >= 11 is 1.68. The van der Waals surface area contributed by atoms with Crippen LogP contribution in [0.2, 0.25) is 0 Å². The lowest BCUT2D eigenvalue weighted by Gasteiger charge is -2.12. The number of hydrogen-bond donors (Lipinski definition) is 0. The van der Waals surface area contributed by atoms with Crippen molar-refractivity contribution in [1.29, 1.82) is 0 Å². The van der Waals surface area contributed by atoms with E-state index in [0.717, 1.165) is 0 Å². The lowest BCUT2D eigenvalue weighted by atomic mass is 10.3. The van der Waals surface area contributed by atoms with Gasteiger partial charge in [-0.25, -0.2) is 4.39 Å². The van der Waals surface area contributed by atoms with E-state index in [1.54, 1.807) is 22.6 Å². The number of aromatic nitrogens is 1. The molecule has 90 valence electrons. The van der Waals surface area contributed by atoms with Gasteiger partial charge in [0.2, 0.25) is 11.8 Å². The smallest absolute Gasteiger partial charge is 0.481 e. The van der Waals surface area contributed by atoms with Gasteiger partial charge in [0.25, 0.3) is 0 Å². The molecular weight excluding hydrogens is 345 g/mol. The zero-order valence-electron chi connectivity index (χ0n) is 7.94. The third-order valence-corrected chi connectivity index (χ3v) is 2.53. The summed E-state index contributed by atoms with van der Waals surface area (Å²) in [6, 6.07) is 1.32. The molecule has 0 saturated carbocycles. The van der Waals surface area contributed by atoms with Crippen molar-refractivity contribution in [2.75, 3.05) is 7.11 Å². The Morgan fingerprint density at radius 3 is 2.50 bits per heavy atom. The van der Waals surface area contributed by atoms with Crippen molar-refractivity contribution in [3.63, 3.8) is 0 Å². The van der Waals surface area contributed by atoms with Crippen LogP contribution in [0, 0.1) is 3.57 Å². The van der Waals surface area contributed by atoms with Crippen LogP contribution in [0.1, 0.15) is 5.56 Å². The predicted octanol–water partition coefficient (Wildman–Crippen LogP) is 3.06. The number of methoxy groups -OCH3 is 1. The lowest BCUT2D eigenvalue weighted by molar-refractivity contribution is -0.276. The molecule has 0 amide bonds. The Labute approximate surface area is 102 Å². The second-order valence-electron chi connectivity index (χ2n) is 2.61. The van der Waals surface area contributed by atoms with E-state index in [1.165, 1.54) is 13.2 Å². The van der Waals surface area contributed by atoms with Crippen LogP contribution < -0.4 is 9.47 Å². The minimum absolute atomic E-state index is 0.0687. The van der Waals surface area contributed by atoms with Gasteiger partial charge < -0.3 is 9.47 Å². The number of hydrogen-bond acceptors (Lipinski definition) is 3. The van der Waals surface area contributed by atoms with E-state index in [0.29, 0.717) is 0 Å². The molecular formula is C8H6F4INO2. The number of alkyl halides is 4. The molecule has 0 aliphatic rings. The quantitative estimate of drug-likeness (QED) is 0.620. The molecule has 1 aromatic heterocycles. The van der Waals surface area contributed by atoms with Crippen LogP contribution in [-0.4, -0.2) is 18.5 Å². The highest BCUT2D eigenvalue weighted by Crippen LogP contribution is 2.30. The minimum atomic E-state index is -4.91. The Hall–Kier alpha value is -0.800. The Morgan fingerprint density at radius 1 is 1.44 bits per heavy atom. The van der Waals surface area contributed by atoms with Gasteiger partial charge in [-0.2, -0.15) is 4.98 Å². The zero-order valence-corrected chi connectivity index (χ0v) is 10.1. The fraction of sp³-hybridized carbons (Fsp3) is 0.375. The van der Waals surface area contributed by atoms with Crippen LogP contribution in [0.3, 0.4) is 0 Å². The van der Waals surface area contributed by atoms with E-state index in [4.69, 9.17) is 0 Å². The average Bonchev–Trinajstić information content (AvgIpc) is 2.14. The summed E-state index contributed by atoms with van der Waals surface area (Å²) in [5, 5.41) is 0. The van der Waals surface area contributed by atoms with Gasteiger partial charge in [-0.3, -0.25) is 0 Å². The molecule has 0 unspecified atom stereocenters. The molecule has 1 aromatic rings. The standard InChI is InChI=1S/C8H6F4INO2/c1-15-6-2-5(13)4(3-9)7(14-6)16-8(10,11)12/h2H,3H2,1H3. The Kier molecular flexibility index (Phi) is 4.16. The van der Waals surface area contributed by atoms with Gasteiger partial charge in [-0.05, 0) is 22.6 Å². The van der Waals surface area contributed by atoms with Crippen LogP contribution in [0.4, 0.5) is 17.6 Å². The van der Waals surface area contributed by atoms with Crippen molar-refractivity contribution in [2.24, 2.45) is 0 Å². The highest BCUT2D eigenvalue weighted by atomic mass is 127. The number of nitrogens with zero attached hydrogens (tertiary/aromatic N) is 1. The second-order valence-corrected chi connectivity index (χ2v) is 3.77. The van der Waals surface area contributed by atoms with Crippen LogP contribution in [-0.2, 0) is 6.67 Å².